The molecule has 0 radical (unpaired) electrons. The number of rotatable bonds is 20. The second-order valence-corrected chi connectivity index (χ2v) is 12.5. The van der Waals surface area contributed by atoms with Crippen molar-refractivity contribution in [1.29, 1.82) is 0 Å². The Morgan fingerprint density at radius 2 is 1.37 bits per heavy atom. The van der Waals surface area contributed by atoms with E-state index in [1.165, 1.54) is 31.2 Å². The number of likely N-dealkylation sites (N-methyl/N-ethyl adjacent to an activating group) is 1. The van der Waals surface area contributed by atoms with Crippen LogP contribution in [-0.2, 0) is 27.4 Å². The van der Waals surface area contributed by atoms with Crippen molar-refractivity contribution in [2.24, 2.45) is 5.92 Å². The van der Waals surface area contributed by atoms with E-state index in [0.29, 0.717) is 19.8 Å². The fourth-order valence-electron chi connectivity index (χ4n) is 5.90. The minimum Gasteiger partial charge on any atom is -0.387 e. The van der Waals surface area contributed by atoms with Crippen molar-refractivity contribution < 1.29 is 19.3 Å². The van der Waals surface area contributed by atoms with Crippen molar-refractivity contribution in [3.63, 3.8) is 0 Å². The van der Waals surface area contributed by atoms with E-state index in [1.54, 1.807) is 0 Å². The van der Waals surface area contributed by atoms with E-state index in [-0.39, 0.29) is 30.3 Å². The van der Waals surface area contributed by atoms with E-state index in [2.05, 4.69) is 81.2 Å². The Hall–Kier alpha value is -1.76. The number of hydrogen-bond donors (Lipinski definition) is 1. The Bertz CT molecular complexity index is 937. The number of hydrogen-bond acceptors (Lipinski definition) is 5. The lowest BCUT2D eigenvalue weighted by Gasteiger charge is -2.37. The highest BCUT2D eigenvalue weighted by Crippen LogP contribution is 2.35. The van der Waals surface area contributed by atoms with Crippen molar-refractivity contribution in [1.82, 2.24) is 4.90 Å². The molecule has 5 nitrogen and oxygen atoms in total. The van der Waals surface area contributed by atoms with Gasteiger partial charge in [0.1, 0.15) is 6.10 Å². The van der Waals surface area contributed by atoms with Crippen LogP contribution in [0.4, 0.5) is 0 Å². The molecule has 0 saturated heterocycles. The lowest BCUT2D eigenvalue weighted by atomic mass is 9.87. The van der Waals surface area contributed by atoms with Crippen LogP contribution >= 0.6 is 0 Å². The predicted octanol–water partition coefficient (Wildman–Crippen LogP) is 7.79. The van der Waals surface area contributed by atoms with E-state index in [1.807, 2.05) is 19.1 Å². The van der Waals surface area contributed by atoms with Crippen LogP contribution in [0.3, 0.4) is 0 Å². The zero-order chi connectivity index (χ0) is 29.5. The lowest BCUT2D eigenvalue weighted by Crippen LogP contribution is -2.50. The van der Waals surface area contributed by atoms with Gasteiger partial charge in [-0.2, -0.15) is 0 Å². The van der Waals surface area contributed by atoms with Crippen molar-refractivity contribution in [3.05, 3.63) is 71.8 Å². The third-order valence-electron chi connectivity index (χ3n) is 8.91. The molecule has 1 aliphatic rings. The van der Waals surface area contributed by atoms with E-state index in [0.717, 1.165) is 44.2 Å². The van der Waals surface area contributed by atoms with Gasteiger partial charge < -0.3 is 19.3 Å². The Balaban J connectivity index is 1.78. The van der Waals surface area contributed by atoms with Gasteiger partial charge in [0.2, 0.25) is 0 Å². The highest BCUT2D eigenvalue weighted by atomic mass is 16.6. The maximum Gasteiger partial charge on any atom is 0.102 e. The van der Waals surface area contributed by atoms with Gasteiger partial charge in [-0.3, -0.25) is 4.90 Å². The number of benzene rings is 2. The molecule has 2 unspecified atom stereocenters. The number of aliphatic hydroxyl groups is 1. The smallest absolute Gasteiger partial charge is 0.102 e. The van der Waals surface area contributed by atoms with Gasteiger partial charge in [0, 0.05) is 6.42 Å². The minimum atomic E-state index is -0.897. The Labute approximate surface area is 250 Å². The monoisotopic (exact) mass is 567 g/mol. The van der Waals surface area contributed by atoms with Crippen molar-refractivity contribution in [2.75, 3.05) is 20.2 Å². The first kappa shape index (κ1) is 33.7. The third-order valence-corrected chi connectivity index (χ3v) is 8.91. The summed E-state index contributed by atoms with van der Waals surface area (Å²) in [6.45, 7) is 10.9. The predicted molar refractivity (Wildman–Crippen MR) is 169 cm³/mol. The molecule has 5 heteroatoms. The van der Waals surface area contributed by atoms with Crippen LogP contribution < -0.4 is 0 Å². The summed E-state index contributed by atoms with van der Waals surface area (Å²) < 4.78 is 20.0. The molecule has 0 heterocycles. The molecule has 0 amide bonds. The maximum atomic E-state index is 11.4. The molecular formula is C36H57NO4. The van der Waals surface area contributed by atoms with Gasteiger partial charge in [-0.1, -0.05) is 120 Å². The van der Waals surface area contributed by atoms with Crippen LogP contribution in [0, 0.1) is 5.92 Å². The molecule has 2 aromatic rings. The summed E-state index contributed by atoms with van der Waals surface area (Å²) in [7, 11) is 2.21. The summed E-state index contributed by atoms with van der Waals surface area (Å²) in [6.07, 6.45) is 9.90. The van der Waals surface area contributed by atoms with Gasteiger partial charge >= 0.3 is 0 Å². The molecule has 0 spiro atoms. The van der Waals surface area contributed by atoms with Gasteiger partial charge in [-0.05, 0) is 50.4 Å². The third kappa shape index (κ3) is 11.1. The summed E-state index contributed by atoms with van der Waals surface area (Å²) >= 11 is 0. The molecule has 3 rings (SSSR count). The van der Waals surface area contributed by atoms with E-state index >= 15 is 0 Å². The fraction of sp³-hybridized carbons (Fsp3) is 0.667. The molecule has 0 aromatic heterocycles. The molecule has 6 atom stereocenters. The molecule has 230 valence electrons. The van der Waals surface area contributed by atoms with Crippen LogP contribution in [0.15, 0.2) is 60.7 Å². The standard InChI is InChI=1S/C36H57NO4/c1-6-8-10-11-18-24-37(5)34-32(39-26-30-20-14-12-15-21-30)25-33(40-27-31-22-16-13-17-23-31)35(34)41-28-36(4,38)29(3)19-9-7-2/h12-17,20-23,29,32-35,38H,6-11,18-19,24-28H2,1-5H3/t29?,32-,33+,34+,35+,36?/m1/s1. The Morgan fingerprint density at radius 3 is 1.95 bits per heavy atom. The SMILES string of the molecule is CCCCCCCN(C)[C@@H]1[C@@H](OCC(C)(O)C(C)CCCC)[C@@H](OCc2ccccc2)C[C@H]1OCc1ccccc1. The maximum absolute atomic E-state index is 11.4. The second kappa shape index (κ2) is 18.0. The van der Waals surface area contributed by atoms with Gasteiger partial charge in [-0.15, -0.1) is 0 Å². The summed E-state index contributed by atoms with van der Waals surface area (Å²) in [5.74, 6) is 0.160. The van der Waals surface area contributed by atoms with Crippen LogP contribution in [-0.4, -0.2) is 60.2 Å². The average molecular weight is 568 g/mol. The molecular weight excluding hydrogens is 510 g/mol. The van der Waals surface area contributed by atoms with Gasteiger partial charge in [-0.25, -0.2) is 0 Å². The number of ether oxygens (including phenoxy) is 3. The van der Waals surface area contributed by atoms with E-state index < -0.39 is 5.60 Å². The summed E-state index contributed by atoms with van der Waals surface area (Å²) in [4.78, 5) is 2.44. The number of nitrogens with zero attached hydrogens (tertiary/aromatic N) is 1. The van der Waals surface area contributed by atoms with Crippen molar-refractivity contribution >= 4 is 0 Å². The molecule has 1 N–H and O–H groups in total. The largest absolute Gasteiger partial charge is 0.387 e. The van der Waals surface area contributed by atoms with Crippen LogP contribution in [0.25, 0.3) is 0 Å². The topological polar surface area (TPSA) is 51.2 Å². The van der Waals surface area contributed by atoms with Crippen LogP contribution in [0.2, 0.25) is 0 Å². The molecule has 2 aromatic carbocycles. The Morgan fingerprint density at radius 1 is 0.805 bits per heavy atom. The molecule has 41 heavy (non-hydrogen) atoms. The lowest BCUT2D eigenvalue weighted by molar-refractivity contribution is -0.139. The van der Waals surface area contributed by atoms with E-state index in [4.69, 9.17) is 14.2 Å². The molecule has 1 aliphatic carbocycles. The van der Waals surface area contributed by atoms with E-state index in [9.17, 15) is 5.11 Å². The average Bonchev–Trinajstić information content (AvgIpc) is 3.34. The Kier molecular flexibility index (Phi) is 14.8. The molecule has 0 bridgehead atoms. The van der Waals surface area contributed by atoms with Crippen molar-refractivity contribution in [3.8, 4) is 0 Å². The normalized spacial score (nSPS) is 23.1. The first-order valence-corrected chi connectivity index (χ1v) is 16.2. The summed E-state index contributed by atoms with van der Waals surface area (Å²) in [5, 5.41) is 11.4. The summed E-state index contributed by atoms with van der Waals surface area (Å²) in [5.41, 5.74) is 1.43. The first-order chi connectivity index (χ1) is 19.9. The zero-order valence-corrected chi connectivity index (χ0v) is 26.5. The van der Waals surface area contributed by atoms with Crippen molar-refractivity contribution in [2.45, 2.75) is 129 Å². The van der Waals surface area contributed by atoms with Crippen LogP contribution in [0.5, 0.6) is 0 Å². The van der Waals surface area contributed by atoms with Gasteiger partial charge in [0.15, 0.2) is 0 Å². The highest BCUT2D eigenvalue weighted by molar-refractivity contribution is 5.15. The van der Waals surface area contributed by atoms with Gasteiger partial charge in [0.05, 0.1) is 43.7 Å². The minimum absolute atomic E-state index is 0.0240. The first-order valence-electron chi connectivity index (χ1n) is 16.2. The zero-order valence-electron chi connectivity index (χ0n) is 26.5. The molecule has 0 aliphatic heterocycles. The fourth-order valence-corrected chi connectivity index (χ4v) is 5.90. The highest BCUT2D eigenvalue weighted by Gasteiger charge is 2.48. The second-order valence-electron chi connectivity index (χ2n) is 12.5. The number of unbranched alkanes of at least 4 members (excludes halogenated alkanes) is 5. The molecule has 1 saturated carbocycles. The quantitative estimate of drug-likeness (QED) is 0.166. The van der Waals surface area contributed by atoms with Gasteiger partial charge in [0.25, 0.3) is 0 Å². The summed E-state index contributed by atoms with van der Waals surface area (Å²) in [6, 6.07) is 20.8. The molecule has 1 fully saturated rings. The van der Waals surface area contributed by atoms with Crippen LogP contribution in [0.1, 0.15) is 96.6 Å².